The van der Waals surface area contributed by atoms with E-state index >= 15 is 0 Å². The second-order valence-electron chi connectivity index (χ2n) is 6.74. The van der Waals surface area contributed by atoms with Gasteiger partial charge in [-0.1, -0.05) is 6.07 Å². The normalized spacial score (nSPS) is 16.8. The maximum Gasteiger partial charge on any atom is 0.321 e. The molecule has 0 bridgehead atoms. The van der Waals surface area contributed by atoms with E-state index in [1.54, 1.807) is 29.3 Å². The van der Waals surface area contributed by atoms with Crippen LogP contribution in [0.15, 0.2) is 42.6 Å². The van der Waals surface area contributed by atoms with E-state index in [0.29, 0.717) is 38.4 Å². The van der Waals surface area contributed by atoms with Gasteiger partial charge in [0.05, 0.1) is 13.2 Å². The van der Waals surface area contributed by atoms with E-state index in [4.69, 9.17) is 4.74 Å². The summed E-state index contributed by atoms with van der Waals surface area (Å²) in [6, 6.07) is 10.9. The monoisotopic (exact) mass is 381 g/mol. The average Bonchev–Trinajstić information content (AvgIpc) is 3.19. The van der Waals surface area contributed by atoms with Gasteiger partial charge in [-0.15, -0.1) is 0 Å². The fraction of sp³-hybridized carbons (Fsp3) is 0.350. The summed E-state index contributed by atoms with van der Waals surface area (Å²) in [6.07, 6.45) is 1.76. The number of benzene rings is 1. The number of nitrogens with zero attached hydrogens (tertiary/aromatic N) is 3. The highest BCUT2D eigenvalue weighted by Gasteiger charge is 2.21. The van der Waals surface area contributed by atoms with Gasteiger partial charge >= 0.3 is 6.03 Å². The number of hydrogen-bond acceptors (Lipinski definition) is 5. The Balaban J connectivity index is 1.40. The van der Waals surface area contributed by atoms with E-state index in [-0.39, 0.29) is 11.9 Å². The van der Waals surface area contributed by atoms with Crippen molar-refractivity contribution in [1.29, 1.82) is 0 Å². The van der Waals surface area contributed by atoms with Crippen LogP contribution < -0.4 is 20.4 Å². The Morgan fingerprint density at radius 1 is 1.18 bits per heavy atom. The first kappa shape index (κ1) is 18.2. The summed E-state index contributed by atoms with van der Waals surface area (Å²) >= 11 is 0. The molecule has 1 aromatic heterocycles. The lowest BCUT2D eigenvalue weighted by Crippen LogP contribution is -2.36. The van der Waals surface area contributed by atoms with E-state index in [1.807, 2.05) is 18.2 Å². The van der Waals surface area contributed by atoms with Gasteiger partial charge in [0.1, 0.15) is 5.82 Å². The number of ether oxygens (including phenoxy) is 1. The van der Waals surface area contributed by atoms with Crippen molar-refractivity contribution in [2.24, 2.45) is 0 Å². The molecule has 0 atom stereocenters. The Labute approximate surface area is 163 Å². The minimum Gasteiger partial charge on any atom is -0.378 e. The number of pyridine rings is 1. The second-order valence-corrected chi connectivity index (χ2v) is 6.74. The third kappa shape index (κ3) is 4.07. The molecular formula is C20H23N5O3. The summed E-state index contributed by atoms with van der Waals surface area (Å²) in [5, 5.41) is 5.71. The van der Waals surface area contributed by atoms with Crippen LogP contribution >= 0.6 is 0 Å². The molecule has 0 aliphatic carbocycles. The van der Waals surface area contributed by atoms with E-state index in [2.05, 4.69) is 20.5 Å². The van der Waals surface area contributed by atoms with Crippen LogP contribution in [0, 0.1) is 0 Å². The molecule has 3 heterocycles. The number of rotatable bonds is 5. The predicted octanol–water partition coefficient (Wildman–Crippen LogP) is 1.38. The van der Waals surface area contributed by atoms with E-state index in [9.17, 15) is 9.59 Å². The summed E-state index contributed by atoms with van der Waals surface area (Å²) < 4.78 is 5.38. The molecule has 2 N–H and O–H groups in total. The van der Waals surface area contributed by atoms with Crippen molar-refractivity contribution in [3.63, 3.8) is 0 Å². The van der Waals surface area contributed by atoms with Crippen LogP contribution in [0.3, 0.4) is 0 Å². The molecule has 146 valence electrons. The molecule has 2 aliphatic heterocycles. The standard InChI is InChI=1S/C20H23N5O3/c26-19(16-2-1-3-17(13-16)25-7-6-22-20(25)27)23-14-15-4-5-21-18(12-15)24-8-10-28-11-9-24/h1-5,12-13H,6-11,14H2,(H,22,27)(H,23,26). The lowest BCUT2D eigenvalue weighted by atomic mass is 10.1. The Morgan fingerprint density at radius 3 is 2.82 bits per heavy atom. The number of carbonyl (C=O) groups excluding carboxylic acids is 2. The van der Waals surface area contributed by atoms with Gasteiger partial charge in [-0.25, -0.2) is 9.78 Å². The Hall–Kier alpha value is -3.13. The van der Waals surface area contributed by atoms with Crippen LogP contribution in [0.4, 0.5) is 16.3 Å². The smallest absolute Gasteiger partial charge is 0.321 e. The first-order valence-electron chi connectivity index (χ1n) is 9.42. The van der Waals surface area contributed by atoms with Crippen molar-refractivity contribution in [2.45, 2.75) is 6.54 Å². The highest BCUT2D eigenvalue weighted by molar-refractivity contribution is 5.98. The van der Waals surface area contributed by atoms with Gasteiger partial charge in [-0.3, -0.25) is 9.69 Å². The van der Waals surface area contributed by atoms with Crippen LogP contribution in [0.5, 0.6) is 0 Å². The predicted molar refractivity (Wildman–Crippen MR) is 106 cm³/mol. The van der Waals surface area contributed by atoms with Gasteiger partial charge in [0.2, 0.25) is 0 Å². The van der Waals surface area contributed by atoms with Crippen LogP contribution in [-0.2, 0) is 11.3 Å². The van der Waals surface area contributed by atoms with Crippen LogP contribution in [-0.4, -0.2) is 56.3 Å². The number of hydrogen-bond donors (Lipinski definition) is 2. The fourth-order valence-corrected chi connectivity index (χ4v) is 3.35. The van der Waals surface area contributed by atoms with E-state index in [1.165, 1.54) is 0 Å². The van der Waals surface area contributed by atoms with Crippen molar-refractivity contribution >= 4 is 23.4 Å². The van der Waals surface area contributed by atoms with Crippen molar-refractivity contribution in [1.82, 2.24) is 15.6 Å². The minimum atomic E-state index is -0.175. The Morgan fingerprint density at radius 2 is 2.04 bits per heavy atom. The topological polar surface area (TPSA) is 86.8 Å². The van der Waals surface area contributed by atoms with Gasteiger partial charge in [-0.05, 0) is 35.9 Å². The van der Waals surface area contributed by atoms with Gasteiger partial charge in [0.25, 0.3) is 5.91 Å². The molecule has 28 heavy (non-hydrogen) atoms. The van der Waals surface area contributed by atoms with Crippen molar-refractivity contribution in [2.75, 3.05) is 49.2 Å². The highest BCUT2D eigenvalue weighted by Crippen LogP contribution is 2.18. The number of amides is 3. The highest BCUT2D eigenvalue weighted by atomic mass is 16.5. The van der Waals surface area contributed by atoms with Gasteiger partial charge in [-0.2, -0.15) is 0 Å². The molecule has 4 rings (SSSR count). The second kappa shape index (κ2) is 8.26. The molecule has 8 nitrogen and oxygen atoms in total. The molecule has 0 saturated carbocycles. The molecule has 1 aromatic carbocycles. The summed E-state index contributed by atoms with van der Waals surface area (Å²) in [5.41, 5.74) is 2.24. The van der Waals surface area contributed by atoms with Gasteiger partial charge < -0.3 is 20.3 Å². The number of morpholine rings is 1. The molecule has 2 fully saturated rings. The van der Waals surface area contributed by atoms with E-state index < -0.39 is 0 Å². The maximum absolute atomic E-state index is 12.6. The first-order valence-corrected chi connectivity index (χ1v) is 9.42. The molecule has 2 aliphatic rings. The molecule has 0 unspecified atom stereocenters. The van der Waals surface area contributed by atoms with Crippen molar-refractivity contribution in [3.05, 3.63) is 53.7 Å². The quantitative estimate of drug-likeness (QED) is 0.817. The van der Waals surface area contributed by atoms with E-state index in [0.717, 1.165) is 30.2 Å². The molecule has 0 radical (unpaired) electrons. The van der Waals surface area contributed by atoms with Crippen LogP contribution in [0.1, 0.15) is 15.9 Å². The van der Waals surface area contributed by atoms with Gasteiger partial charge in [0, 0.05) is 50.2 Å². The number of carbonyl (C=O) groups is 2. The van der Waals surface area contributed by atoms with Crippen LogP contribution in [0.25, 0.3) is 0 Å². The zero-order valence-electron chi connectivity index (χ0n) is 15.6. The SMILES string of the molecule is O=C(NCc1ccnc(N2CCOCC2)c1)c1cccc(N2CCNC2=O)c1. The molecule has 2 aromatic rings. The minimum absolute atomic E-state index is 0.134. The summed E-state index contributed by atoms with van der Waals surface area (Å²) in [4.78, 5) is 32.6. The first-order chi connectivity index (χ1) is 13.7. The summed E-state index contributed by atoms with van der Waals surface area (Å²) in [5.74, 6) is 0.725. The largest absolute Gasteiger partial charge is 0.378 e. The molecule has 8 heteroatoms. The van der Waals surface area contributed by atoms with Gasteiger partial charge in [0.15, 0.2) is 0 Å². The number of anilines is 2. The number of nitrogens with one attached hydrogen (secondary N) is 2. The average molecular weight is 381 g/mol. The number of urea groups is 1. The van der Waals surface area contributed by atoms with Crippen molar-refractivity contribution in [3.8, 4) is 0 Å². The Kier molecular flexibility index (Phi) is 5.38. The molecular weight excluding hydrogens is 358 g/mol. The molecule has 0 spiro atoms. The summed E-state index contributed by atoms with van der Waals surface area (Å²) in [6.45, 7) is 4.67. The fourth-order valence-electron chi connectivity index (χ4n) is 3.35. The third-order valence-corrected chi connectivity index (χ3v) is 4.87. The molecule has 3 amide bonds. The number of aromatic nitrogens is 1. The lowest BCUT2D eigenvalue weighted by molar-refractivity contribution is 0.0951. The third-order valence-electron chi connectivity index (χ3n) is 4.87. The lowest BCUT2D eigenvalue weighted by Gasteiger charge is -2.28. The van der Waals surface area contributed by atoms with Crippen molar-refractivity contribution < 1.29 is 14.3 Å². The zero-order chi connectivity index (χ0) is 19.3. The maximum atomic E-state index is 12.6. The zero-order valence-corrected chi connectivity index (χ0v) is 15.6. The Bertz CT molecular complexity index is 866. The summed E-state index contributed by atoms with van der Waals surface area (Å²) in [7, 11) is 0. The van der Waals surface area contributed by atoms with Crippen LogP contribution in [0.2, 0.25) is 0 Å². The molecule has 2 saturated heterocycles.